The van der Waals surface area contributed by atoms with Crippen molar-refractivity contribution in [1.82, 2.24) is 14.6 Å². The molecular formula is C21H20ClN3O4S. The van der Waals surface area contributed by atoms with Crippen molar-refractivity contribution in [2.45, 2.75) is 18.0 Å². The lowest BCUT2D eigenvalue weighted by molar-refractivity contribution is 0.221. The molecule has 0 bridgehead atoms. The molecule has 2 amide bonds. The summed E-state index contributed by atoms with van der Waals surface area (Å²) in [4.78, 5) is 16.7. The number of nitrogens with zero attached hydrogens (tertiary/aromatic N) is 2. The number of amides is 2. The highest BCUT2D eigenvalue weighted by Crippen LogP contribution is 2.19. The molecule has 0 aliphatic heterocycles. The Morgan fingerprint density at radius 2 is 1.73 bits per heavy atom. The molecule has 9 heteroatoms. The maximum atomic E-state index is 13.1. The van der Waals surface area contributed by atoms with E-state index in [0.29, 0.717) is 16.3 Å². The van der Waals surface area contributed by atoms with Crippen molar-refractivity contribution in [3.05, 3.63) is 89.2 Å². The molecule has 3 aromatic rings. The summed E-state index contributed by atoms with van der Waals surface area (Å²) >= 11 is 5.91. The highest BCUT2D eigenvalue weighted by Gasteiger charge is 2.29. The van der Waals surface area contributed by atoms with Crippen LogP contribution < -0.4 is 10.1 Å². The number of pyridine rings is 1. The molecule has 2 aromatic carbocycles. The lowest BCUT2D eigenvalue weighted by atomic mass is 10.2. The standard InChI is InChI=1S/C21H20ClN3O4S/c1-29-19-10-6-16(7-11-19)13-24-21(26)25(15-17-4-8-18(22)9-5-17)30(27,28)20-3-2-12-23-14-20/h2-12,14H,13,15H2,1H3,(H,24,26). The Morgan fingerprint density at radius 1 is 1.07 bits per heavy atom. The summed E-state index contributed by atoms with van der Waals surface area (Å²) in [5, 5.41) is 3.18. The molecule has 0 aliphatic carbocycles. The summed E-state index contributed by atoms with van der Waals surface area (Å²) in [5.41, 5.74) is 1.42. The average Bonchev–Trinajstić information content (AvgIpc) is 2.78. The van der Waals surface area contributed by atoms with Gasteiger partial charge in [0.1, 0.15) is 10.6 Å². The summed E-state index contributed by atoms with van der Waals surface area (Å²) in [6, 6.07) is 15.9. The second-order valence-electron chi connectivity index (χ2n) is 6.33. The van der Waals surface area contributed by atoms with Crippen molar-refractivity contribution < 1.29 is 17.9 Å². The summed E-state index contributed by atoms with van der Waals surface area (Å²) < 4.78 is 32.1. The number of carbonyl (C=O) groups is 1. The molecule has 1 N–H and O–H groups in total. The topological polar surface area (TPSA) is 88.6 Å². The molecule has 30 heavy (non-hydrogen) atoms. The molecule has 7 nitrogen and oxygen atoms in total. The van der Waals surface area contributed by atoms with E-state index in [2.05, 4.69) is 10.3 Å². The molecule has 0 saturated heterocycles. The highest BCUT2D eigenvalue weighted by molar-refractivity contribution is 7.89. The van der Waals surface area contributed by atoms with E-state index in [0.717, 1.165) is 9.87 Å². The minimum Gasteiger partial charge on any atom is -0.497 e. The first-order valence-electron chi connectivity index (χ1n) is 8.98. The van der Waals surface area contributed by atoms with Gasteiger partial charge in [-0.25, -0.2) is 17.5 Å². The Hall–Kier alpha value is -3.10. The van der Waals surface area contributed by atoms with Gasteiger partial charge in [0.05, 0.1) is 13.7 Å². The molecule has 0 saturated carbocycles. The third-order valence-corrected chi connectivity index (χ3v) is 6.26. The van der Waals surface area contributed by atoms with Crippen molar-refractivity contribution in [1.29, 1.82) is 0 Å². The quantitative estimate of drug-likeness (QED) is 0.596. The van der Waals surface area contributed by atoms with Gasteiger partial charge in [-0.05, 0) is 47.5 Å². The first kappa shape index (κ1) is 21.6. The van der Waals surface area contributed by atoms with Crippen LogP contribution in [0.15, 0.2) is 78.0 Å². The fourth-order valence-corrected chi connectivity index (χ4v) is 4.08. The van der Waals surface area contributed by atoms with Crippen LogP contribution in [0.4, 0.5) is 4.79 Å². The smallest absolute Gasteiger partial charge is 0.331 e. The zero-order valence-corrected chi connectivity index (χ0v) is 17.7. The van der Waals surface area contributed by atoms with E-state index >= 15 is 0 Å². The number of ether oxygens (including phenoxy) is 1. The molecule has 0 atom stereocenters. The van der Waals surface area contributed by atoms with Gasteiger partial charge in [0.25, 0.3) is 10.0 Å². The minimum atomic E-state index is -4.12. The molecule has 0 unspecified atom stereocenters. The van der Waals surface area contributed by atoms with Crippen LogP contribution in [0.2, 0.25) is 5.02 Å². The van der Waals surface area contributed by atoms with Crippen LogP contribution in [-0.2, 0) is 23.1 Å². The van der Waals surface area contributed by atoms with Crippen LogP contribution in [0.3, 0.4) is 0 Å². The fraction of sp³-hybridized carbons (Fsp3) is 0.143. The number of sulfonamides is 1. The average molecular weight is 446 g/mol. The van der Waals surface area contributed by atoms with E-state index < -0.39 is 16.1 Å². The summed E-state index contributed by atoms with van der Waals surface area (Å²) in [5.74, 6) is 0.689. The Labute approximate surface area is 180 Å². The fourth-order valence-electron chi connectivity index (χ4n) is 2.66. The Bertz CT molecular complexity index is 1090. The predicted octanol–water partition coefficient (Wildman–Crippen LogP) is 3.84. The number of hydrogen-bond acceptors (Lipinski definition) is 5. The van der Waals surface area contributed by atoms with E-state index in [4.69, 9.17) is 16.3 Å². The number of rotatable bonds is 7. The monoisotopic (exact) mass is 445 g/mol. The highest BCUT2D eigenvalue weighted by atomic mass is 35.5. The van der Waals surface area contributed by atoms with Crippen molar-refractivity contribution >= 4 is 27.7 Å². The molecular weight excluding hydrogens is 426 g/mol. The number of nitrogens with one attached hydrogen (secondary N) is 1. The van der Waals surface area contributed by atoms with Crippen LogP contribution in [0, 0.1) is 0 Å². The molecule has 1 heterocycles. The number of carbonyl (C=O) groups excluding carboxylic acids is 1. The number of benzene rings is 2. The SMILES string of the molecule is COc1ccc(CNC(=O)N(Cc2ccc(Cl)cc2)S(=O)(=O)c2cccnc2)cc1. The van der Waals surface area contributed by atoms with Crippen LogP contribution >= 0.6 is 11.6 Å². The number of aromatic nitrogens is 1. The van der Waals surface area contributed by atoms with Gasteiger partial charge in [0.15, 0.2) is 0 Å². The maximum Gasteiger partial charge on any atom is 0.331 e. The van der Waals surface area contributed by atoms with Gasteiger partial charge < -0.3 is 10.1 Å². The first-order valence-corrected chi connectivity index (χ1v) is 10.8. The number of urea groups is 1. The van der Waals surface area contributed by atoms with Crippen molar-refractivity contribution in [2.24, 2.45) is 0 Å². The van der Waals surface area contributed by atoms with Crippen LogP contribution in [0.25, 0.3) is 0 Å². The summed E-state index contributed by atoms with van der Waals surface area (Å²) in [6.07, 6.45) is 2.67. The molecule has 156 valence electrons. The van der Waals surface area contributed by atoms with Crippen LogP contribution in [0.1, 0.15) is 11.1 Å². The van der Waals surface area contributed by atoms with E-state index in [-0.39, 0.29) is 18.0 Å². The van der Waals surface area contributed by atoms with Gasteiger partial charge in [-0.15, -0.1) is 0 Å². The lowest BCUT2D eigenvalue weighted by Gasteiger charge is -2.23. The van der Waals surface area contributed by atoms with Gasteiger partial charge >= 0.3 is 6.03 Å². The van der Waals surface area contributed by atoms with E-state index in [1.807, 2.05) is 0 Å². The van der Waals surface area contributed by atoms with Gasteiger partial charge in [-0.2, -0.15) is 0 Å². The molecule has 0 spiro atoms. The van der Waals surface area contributed by atoms with Gasteiger partial charge in [-0.1, -0.05) is 35.9 Å². The first-order chi connectivity index (χ1) is 14.4. The maximum absolute atomic E-state index is 13.1. The summed E-state index contributed by atoms with van der Waals surface area (Å²) in [6.45, 7) is 0.00531. The van der Waals surface area contributed by atoms with Crippen LogP contribution in [-0.4, -0.2) is 30.8 Å². The minimum absolute atomic E-state index is 0.0708. The second-order valence-corrected chi connectivity index (χ2v) is 8.63. The van der Waals surface area contributed by atoms with E-state index in [9.17, 15) is 13.2 Å². The molecule has 0 fully saturated rings. The number of hydrogen-bond donors (Lipinski definition) is 1. The third kappa shape index (κ3) is 5.28. The van der Waals surface area contributed by atoms with Crippen molar-refractivity contribution in [3.8, 4) is 5.75 Å². The summed E-state index contributed by atoms with van der Waals surface area (Å²) in [7, 11) is -2.55. The second kappa shape index (κ2) is 9.60. The zero-order valence-electron chi connectivity index (χ0n) is 16.2. The largest absolute Gasteiger partial charge is 0.497 e. The van der Waals surface area contributed by atoms with Crippen molar-refractivity contribution in [2.75, 3.05) is 7.11 Å². The van der Waals surface area contributed by atoms with Gasteiger partial charge in [0, 0.05) is 24.0 Å². The normalized spacial score (nSPS) is 11.0. The van der Waals surface area contributed by atoms with Gasteiger partial charge in [-0.3, -0.25) is 4.98 Å². The Kier molecular flexibility index (Phi) is 6.91. The third-order valence-electron chi connectivity index (χ3n) is 4.29. The number of methoxy groups -OCH3 is 1. The van der Waals surface area contributed by atoms with Crippen molar-refractivity contribution in [3.63, 3.8) is 0 Å². The molecule has 0 radical (unpaired) electrons. The zero-order chi connectivity index (χ0) is 21.6. The Morgan fingerprint density at radius 3 is 2.33 bits per heavy atom. The predicted molar refractivity (Wildman–Crippen MR) is 114 cm³/mol. The molecule has 1 aromatic heterocycles. The van der Waals surface area contributed by atoms with E-state index in [1.54, 1.807) is 55.6 Å². The Balaban J connectivity index is 1.83. The van der Waals surface area contributed by atoms with Crippen LogP contribution in [0.5, 0.6) is 5.75 Å². The number of halogens is 1. The van der Waals surface area contributed by atoms with Gasteiger partial charge in [0.2, 0.25) is 0 Å². The molecule has 3 rings (SSSR count). The lowest BCUT2D eigenvalue weighted by Crippen LogP contribution is -2.43. The molecule has 0 aliphatic rings. The van der Waals surface area contributed by atoms with E-state index in [1.165, 1.54) is 24.5 Å².